The monoisotopic (exact) mass is 394 g/mol. The van der Waals surface area contributed by atoms with Crippen molar-refractivity contribution in [2.75, 3.05) is 20.2 Å². The Hall–Kier alpha value is -3.02. The van der Waals surface area contributed by atoms with Crippen LogP contribution in [0.5, 0.6) is 5.75 Å². The highest BCUT2D eigenvalue weighted by Crippen LogP contribution is 2.40. The summed E-state index contributed by atoms with van der Waals surface area (Å²) in [4.78, 5) is 15.3. The molecular formula is C23H30N4O2. The third-order valence-corrected chi connectivity index (χ3v) is 5.50. The molecule has 1 saturated carbocycles. The second-order valence-electron chi connectivity index (χ2n) is 7.54. The number of hydrogen-bond donors (Lipinski definition) is 3. The normalized spacial score (nSPS) is 15.7. The van der Waals surface area contributed by atoms with Gasteiger partial charge in [-0.1, -0.05) is 55.3 Å². The Balaban J connectivity index is 1.57. The lowest BCUT2D eigenvalue weighted by Crippen LogP contribution is -2.44. The van der Waals surface area contributed by atoms with E-state index in [4.69, 9.17) is 10.5 Å². The molecule has 1 aliphatic carbocycles. The first-order chi connectivity index (χ1) is 14.1. The maximum absolute atomic E-state index is 10.9. The molecule has 29 heavy (non-hydrogen) atoms. The van der Waals surface area contributed by atoms with Crippen molar-refractivity contribution in [2.24, 2.45) is 10.7 Å². The van der Waals surface area contributed by atoms with Crippen LogP contribution in [0.3, 0.4) is 0 Å². The predicted octanol–water partition coefficient (Wildman–Crippen LogP) is 2.73. The van der Waals surface area contributed by atoms with Gasteiger partial charge < -0.3 is 21.1 Å². The molecular weight excluding hydrogens is 364 g/mol. The summed E-state index contributed by atoms with van der Waals surface area (Å²) in [6.07, 6.45) is 4.92. The SMILES string of the molecule is CN=C(NCc1cccc(OCC(N)=O)c1)NCC1(c2ccccc2)CCCC1. The van der Waals surface area contributed by atoms with Gasteiger partial charge in [-0.3, -0.25) is 9.79 Å². The molecule has 6 nitrogen and oxygen atoms in total. The van der Waals surface area contributed by atoms with Gasteiger partial charge in [0.2, 0.25) is 0 Å². The fourth-order valence-corrected chi connectivity index (χ4v) is 3.97. The summed E-state index contributed by atoms with van der Waals surface area (Å²) in [6, 6.07) is 18.4. The summed E-state index contributed by atoms with van der Waals surface area (Å²) in [7, 11) is 1.78. The Labute approximate surface area is 172 Å². The standard InChI is InChI=1S/C23H30N4O2/c1-25-22(26-15-18-8-7-11-20(14-18)29-16-21(24)28)27-17-23(12-5-6-13-23)19-9-3-2-4-10-19/h2-4,7-11,14H,5-6,12-13,15-17H2,1H3,(H2,24,28)(H2,25,26,27). The minimum atomic E-state index is -0.489. The number of guanidine groups is 1. The van der Waals surface area contributed by atoms with Crippen LogP contribution in [0.4, 0.5) is 0 Å². The second-order valence-corrected chi connectivity index (χ2v) is 7.54. The third-order valence-electron chi connectivity index (χ3n) is 5.50. The van der Waals surface area contributed by atoms with E-state index < -0.39 is 5.91 Å². The van der Waals surface area contributed by atoms with Crippen molar-refractivity contribution in [1.29, 1.82) is 0 Å². The lowest BCUT2D eigenvalue weighted by molar-refractivity contribution is -0.119. The highest BCUT2D eigenvalue weighted by molar-refractivity contribution is 5.79. The first-order valence-electron chi connectivity index (χ1n) is 10.1. The van der Waals surface area contributed by atoms with Gasteiger partial charge in [-0.2, -0.15) is 0 Å². The zero-order chi connectivity index (χ0) is 20.5. The van der Waals surface area contributed by atoms with Crippen LogP contribution in [-0.4, -0.2) is 32.1 Å². The molecule has 0 heterocycles. The summed E-state index contributed by atoms with van der Waals surface area (Å²) in [5.74, 6) is 0.910. The van der Waals surface area contributed by atoms with Gasteiger partial charge in [0.25, 0.3) is 5.91 Å². The zero-order valence-electron chi connectivity index (χ0n) is 17.0. The fourth-order valence-electron chi connectivity index (χ4n) is 3.97. The molecule has 0 saturated heterocycles. The van der Waals surface area contributed by atoms with E-state index in [0.717, 1.165) is 18.1 Å². The third kappa shape index (κ3) is 5.73. The smallest absolute Gasteiger partial charge is 0.255 e. The van der Waals surface area contributed by atoms with Gasteiger partial charge in [-0.15, -0.1) is 0 Å². The highest BCUT2D eigenvalue weighted by atomic mass is 16.5. The zero-order valence-corrected chi connectivity index (χ0v) is 17.0. The molecule has 0 spiro atoms. The fraction of sp³-hybridized carbons (Fsp3) is 0.391. The van der Waals surface area contributed by atoms with Crippen molar-refractivity contribution in [3.8, 4) is 5.75 Å². The van der Waals surface area contributed by atoms with Crippen LogP contribution in [0.25, 0.3) is 0 Å². The topological polar surface area (TPSA) is 88.7 Å². The Bertz CT molecular complexity index is 830. The predicted molar refractivity (Wildman–Crippen MR) is 116 cm³/mol. The van der Waals surface area contributed by atoms with Gasteiger partial charge in [0.15, 0.2) is 12.6 Å². The molecule has 3 rings (SSSR count). The number of ether oxygens (including phenoxy) is 1. The van der Waals surface area contributed by atoms with Gasteiger partial charge in [-0.05, 0) is 36.1 Å². The molecule has 1 aliphatic rings. The van der Waals surface area contributed by atoms with Crippen molar-refractivity contribution in [1.82, 2.24) is 10.6 Å². The van der Waals surface area contributed by atoms with E-state index in [-0.39, 0.29) is 12.0 Å². The maximum atomic E-state index is 10.9. The summed E-state index contributed by atoms with van der Waals surface area (Å²) in [5.41, 5.74) is 7.74. The molecule has 1 amide bonds. The number of carbonyl (C=O) groups is 1. The van der Waals surface area contributed by atoms with Crippen molar-refractivity contribution >= 4 is 11.9 Å². The molecule has 0 aliphatic heterocycles. The Morgan fingerprint density at radius 1 is 1.10 bits per heavy atom. The second kappa shape index (κ2) is 9.96. The number of amides is 1. The lowest BCUT2D eigenvalue weighted by atomic mass is 9.79. The average Bonchev–Trinajstić information content (AvgIpc) is 3.23. The molecule has 0 atom stereocenters. The number of primary amides is 1. The van der Waals surface area contributed by atoms with E-state index in [1.165, 1.54) is 31.2 Å². The number of rotatable bonds is 8. The first kappa shape index (κ1) is 20.7. The first-order valence-corrected chi connectivity index (χ1v) is 10.1. The molecule has 154 valence electrons. The highest BCUT2D eigenvalue weighted by Gasteiger charge is 2.35. The van der Waals surface area contributed by atoms with Crippen molar-refractivity contribution in [2.45, 2.75) is 37.6 Å². The average molecular weight is 395 g/mol. The van der Waals surface area contributed by atoms with E-state index in [9.17, 15) is 4.79 Å². The van der Waals surface area contributed by atoms with Crippen LogP contribution < -0.4 is 21.1 Å². The molecule has 0 radical (unpaired) electrons. The number of nitrogens with two attached hydrogens (primary N) is 1. The molecule has 0 aromatic heterocycles. The van der Waals surface area contributed by atoms with Crippen LogP contribution in [0, 0.1) is 0 Å². The van der Waals surface area contributed by atoms with E-state index in [1.54, 1.807) is 7.05 Å². The number of carbonyl (C=O) groups excluding carboxylic acids is 1. The quantitative estimate of drug-likeness (QED) is 0.474. The van der Waals surface area contributed by atoms with Crippen molar-refractivity contribution in [3.63, 3.8) is 0 Å². The van der Waals surface area contributed by atoms with Gasteiger partial charge in [-0.25, -0.2) is 0 Å². The van der Waals surface area contributed by atoms with Crippen LogP contribution in [0.2, 0.25) is 0 Å². The van der Waals surface area contributed by atoms with Crippen molar-refractivity contribution in [3.05, 3.63) is 65.7 Å². The summed E-state index contributed by atoms with van der Waals surface area (Å²) < 4.78 is 5.37. The number of nitrogens with zero attached hydrogens (tertiary/aromatic N) is 1. The van der Waals surface area contributed by atoms with Crippen LogP contribution in [0.15, 0.2) is 59.6 Å². The number of nitrogens with one attached hydrogen (secondary N) is 2. The Morgan fingerprint density at radius 2 is 1.86 bits per heavy atom. The van der Waals surface area contributed by atoms with E-state index in [0.29, 0.717) is 12.3 Å². The van der Waals surface area contributed by atoms with Crippen LogP contribution in [0.1, 0.15) is 36.8 Å². The van der Waals surface area contributed by atoms with E-state index >= 15 is 0 Å². The van der Waals surface area contributed by atoms with Crippen LogP contribution in [-0.2, 0) is 16.8 Å². The number of hydrogen-bond acceptors (Lipinski definition) is 3. The summed E-state index contributed by atoms with van der Waals surface area (Å²) >= 11 is 0. The molecule has 0 unspecified atom stereocenters. The molecule has 2 aromatic carbocycles. The molecule has 4 N–H and O–H groups in total. The van der Waals surface area contributed by atoms with Gasteiger partial charge >= 0.3 is 0 Å². The van der Waals surface area contributed by atoms with Gasteiger partial charge in [0, 0.05) is 25.6 Å². The maximum Gasteiger partial charge on any atom is 0.255 e. The summed E-state index contributed by atoms with van der Waals surface area (Å²) in [6.45, 7) is 1.34. The van der Waals surface area contributed by atoms with Gasteiger partial charge in [0.05, 0.1) is 0 Å². The van der Waals surface area contributed by atoms with Crippen LogP contribution >= 0.6 is 0 Å². The molecule has 1 fully saturated rings. The van der Waals surface area contributed by atoms with E-state index in [2.05, 4.69) is 46.0 Å². The number of benzene rings is 2. The van der Waals surface area contributed by atoms with Crippen molar-refractivity contribution < 1.29 is 9.53 Å². The Kier molecular flexibility index (Phi) is 7.11. The molecule has 0 bridgehead atoms. The van der Waals surface area contributed by atoms with E-state index in [1.807, 2.05) is 24.3 Å². The Morgan fingerprint density at radius 3 is 2.55 bits per heavy atom. The molecule has 2 aromatic rings. The lowest BCUT2D eigenvalue weighted by Gasteiger charge is -2.30. The molecule has 6 heteroatoms. The van der Waals surface area contributed by atoms with Gasteiger partial charge in [0.1, 0.15) is 5.75 Å². The minimum Gasteiger partial charge on any atom is -0.484 e. The number of aliphatic imine (C=N–C) groups is 1. The summed E-state index contributed by atoms with van der Waals surface area (Å²) in [5, 5.41) is 6.88. The largest absolute Gasteiger partial charge is 0.484 e. The minimum absolute atomic E-state index is 0.123.